The normalized spacial score (nSPS) is 10.5. The summed E-state index contributed by atoms with van der Waals surface area (Å²) in [6.45, 7) is 3.82. The fraction of sp³-hybridized carbons (Fsp3) is 0.375. The van der Waals surface area contributed by atoms with Gasteiger partial charge in [0.2, 0.25) is 0 Å². The van der Waals surface area contributed by atoms with Crippen molar-refractivity contribution in [2.24, 2.45) is 5.92 Å². The fourth-order valence-electron chi connectivity index (χ4n) is 0.781. The van der Waals surface area contributed by atoms with Gasteiger partial charge in [0.05, 0.1) is 3.79 Å². The summed E-state index contributed by atoms with van der Waals surface area (Å²) in [6.07, 6.45) is 0. The molecular formula is C8H9BrOS. The van der Waals surface area contributed by atoms with Crippen molar-refractivity contribution in [3.05, 3.63) is 20.8 Å². The van der Waals surface area contributed by atoms with E-state index in [0.717, 1.165) is 9.35 Å². The van der Waals surface area contributed by atoms with Gasteiger partial charge in [0.25, 0.3) is 0 Å². The molecule has 0 saturated heterocycles. The molecule has 1 aromatic heterocycles. The van der Waals surface area contributed by atoms with Crippen molar-refractivity contribution >= 4 is 33.0 Å². The van der Waals surface area contributed by atoms with Crippen LogP contribution in [-0.2, 0) is 0 Å². The molecule has 0 radical (unpaired) electrons. The van der Waals surface area contributed by atoms with Crippen molar-refractivity contribution < 1.29 is 4.79 Å². The van der Waals surface area contributed by atoms with Crippen molar-refractivity contribution in [1.29, 1.82) is 0 Å². The van der Waals surface area contributed by atoms with Crippen molar-refractivity contribution in [2.45, 2.75) is 13.8 Å². The summed E-state index contributed by atoms with van der Waals surface area (Å²) in [4.78, 5) is 11.4. The van der Waals surface area contributed by atoms with E-state index in [0.29, 0.717) is 0 Å². The van der Waals surface area contributed by atoms with Gasteiger partial charge in [-0.15, -0.1) is 11.3 Å². The molecule has 0 atom stereocenters. The van der Waals surface area contributed by atoms with Crippen LogP contribution in [0.15, 0.2) is 15.2 Å². The molecule has 1 rings (SSSR count). The number of thiophene rings is 1. The third-order valence-electron chi connectivity index (χ3n) is 1.41. The van der Waals surface area contributed by atoms with E-state index in [-0.39, 0.29) is 11.7 Å². The van der Waals surface area contributed by atoms with Crippen LogP contribution in [0.1, 0.15) is 24.2 Å². The highest BCUT2D eigenvalue weighted by atomic mass is 79.9. The number of Topliss-reactive ketones (excluding diaryl/α,β-unsaturated/α-hetero) is 1. The van der Waals surface area contributed by atoms with E-state index in [1.807, 2.05) is 25.3 Å². The Balaban J connectivity index is 2.93. The number of ketones is 1. The van der Waals surface area contributed by atoms with Crippen LogP contribution in [0.25, 0.3) is 0 Å². The minimum Gasteiger partial charge on any atom is -0.294 e. The molecule has 60 valence electrons. The molecule has 0 amide bonds. The van der Waals surface area contributed by atoms with Crippen molar-refractivity contribution in [2.75, 3.05) is 0 Å². The van der Waals surface area contributed by atoms with Gasteiger partial charge < -0.3 is 0 Å². The Labute approximate surface area is 78.6 Å². The van der Waals surface area contributed by atoms with E-state index in [9.17, 15) is 4.79 Å². The lowest BCUT2D eigenvalue weighted by atomic mass is 10.0. The lowest BCUT2D eigenvalue weighted by molar-refractivity contribution is 0.0939. The summed E-state index contributed by atoms with van der Waals surface area (Å²) >= 11 is 4.88. The van der Waals surface area contributed by atoms with E-state index in [4.69, 9.17) is 0 Å². The molecule has 0 fully saturated rings. The van der Waals surface area contributed by atoms with Gasteiger partial charge in [-0.25, -0.2) is 0 Å². The van der Waals surface area contributed by atoms with Crippen LogP contribution in [0, 0.1) is 5.92 Å². The second-order valence-corrected chi connectivity index (χ2v) is 4.86. The van der Waals surface area contributed by atoms with Crippen LogP contribution < -0.4 is 0 Å². The number of rotatable bonds is 2. The van der Waals surface area contributed by atoms with Gasteiger partial charge in [0, 0.05) is 11.5 Å². The number of hydrogen-bond donors (Lipinski definition) is 0. The smallest absolute Gasteiger partial charge is 0.167 e. The molecule has 0 spiro atoms. The van der Waals surface area contributed by atoms with Crippen LogP contribution in [-0.4, -0.2) is 5.78 Å². The van der Waals surface area contributed by atoms with Gasteiger partial charge in [-0.05, 0) is 27.4 Å². The number of carbonyl (C=O) groups is 1. The predicted molar refractivity (Wildman–Crippen MR) is 51.2 cm³/mol. The second-order valence-electron chi connectivity index (χ2n) is 2.63. The Morgan fingerprint density at radius 3 is 2.64 bits per heavy atom. The fourth-order valence-corrected chi connectivity index (χ4v) is 2.05. The molecule has 3 heteroatoms. The van der Waals surface area contributed by atoms with Crippen LogP contribution in [0.5, 0.6) is 0 Å². The monoisotopic (exact) mass is 232 g/mol. The summed E-state index contributed by atoms with van der Waals surface area (Å²) in [5.41, 5.74) is 0.810. The van der Waals surface area contributed by atoms with Crippen molar-refractivity contribution in [3.8, 4) is 0 Å². The molecule has 0 saturated carbocycles. The second kappa shape index (κ2) is 3.50. The highest BCUT2D eigenvalue weighted by Crippen LogP contribution is 2.25. The zero-order chi connectivity index (χ0) is 8.43. The quantitative estimate of drug-likeness (QED) is 0.716. The van der Waals surface area contributed by atoms with E-state index in [1.165, 1.54) is 0 Å². The predicted octanol–water partition coefficient (Wildman–Crippen LogP) is 3.35. The molecule has 1 nitrogen and oxygen atoms in total. The number of halogens is 1. The van der Waals surface area contributed by atoms with Crippen LogP contribution >= 0.6 is 27.3 Å². The molecule has 1 heterocycles. The molecule has 0 aliphatic heterocycles. The molecule has 0 aliphatic rings. The zero-order valence-electron chi connectivity index (χ0n) is 6.43. The number of hydrogen-bond acceptors (Lipinski definition) is 2. The minimum atomic E-state index is 0.0842. The Morgan fingerprint density at radius 1 is 1.64 bits per heavy atom. The Hall–Kier alpha value is -0.150. The SMILES string of the molecule is CC(C)C(=O)c1ccsc1Br. The van der Waals surface area contributed by atoms with Gasteiger partial charge >= 0.3 is 0 Å². The standard InChI is InChI=1S/C8H9BrOS/c1-5(2)7(10)6-3-4-11-8(6)9/h3-5H,1-2H3. The maximum Gasteiger partial charge on any atom is 0.167 e. The average Bonchev–Trinajstić information content (AvgIpc) is 2.33. The molecule has 0 N–H and O–H groups in total. The van der Waals surface area contributed by atoms with Crippen LogP contribution in [0.2, 0.25) is 0 Å². The lowest BCUT2D eigenvalue weighted by Gasteiger charge is -2.00. The Morgan fingerprint density at radius 2 is 2.27 bits per heavy atom. The number of carbonyl (C=O) groups excluding carboxylic acids is 1. The lowest BCUT2D eigenvalue weighted by Crippen LogP contribution is -2.06. The van der Waals surface area contributed by atoms with E-state index in [2.05, 4.69) is 15.9 Å². The summed E-state index contributed by atoms with van der Waals surface area (Å²) in [5.74, 6) is 0.291. The van der Waals surface area contributed by atoms with Crippen LogP contribution in [0.4, 0.5) is 0 Å². The molecule has 1 aromatic rings. The Kier molecular flexibility index (Phi) is 2.84. The maximum absolute atomic E-state index is 11.4. The summed E-state index contributed by atoms with van der Waals surface area (Å²) in [6, 6.07) is 1.86. The third kappa shape index (κ3) is 1.91. The molecule has 0 bridgehead atoms. The summed E-state index contributed by atoms with van der Waals surface area (Å²) in [5, 5.41) is 1.92. The minimum absolute atomic E-state index is 0.0842. The maximum atomic E-state index is 11.4. The summed E-state index contributed by atoms with van der Waals surface area (Å²) in [7, 11) is 0. The van der Waals surface area contributed by atoms with Gasteiger partial charge in [-0.3, -0.25) is 4.79 Å². The van der Waals surface area contributed by atoms with E-state index in [1.54, 1.807) is 11.3 Å². The van der Waals surface area contributed by atoms with E-state index >= 15 is 0 Å². The molecular weight excluding hydrogens is 224 g/mol. The average molecular weight is 233 g/mol. The van der Waals surface area contributed by atoms with Gasteiger partial charge in [0.15, 0.2) is 5.78 Å². The topological polar surface area (TPSA) is 17.1 Å². The van der Waals surface area contributed by atoms with Gasteiger partial charge in [0.1, 0.15) is 0 Å². The Bertz CT molecular complexity index is 265. The first-order valence-corrected chi connectivity index (χ1v) is 5.07. The zero-order valence-corrected chi connectivity index (χ0v) is 8.83. The molecule has 0 aromatic carbocycles. The van der Waals surface area contributed by atoms with E-state index < -0.39 is 0 Å². The van der Waals surface area contributed by atoms with Crippen molar-refractivity contribution in [3.63, 3.8) is 0 Å². The summed E-state index contributed by atoms with van der Waals surface area (Å²) < 4.78 is 0.941. The van der Waals surface area contributed by atoms with Crippen molar-refractivity contribution in [1.82, 2.24) is 0 Å². The highest BCUT2D eigenvalue weighted by Gasteiger charge is 2.13. The molecule has 0 unspecified atom stereocenters. The third-order valence-corrected chi connectivity index (χ3v) is 3.09. The first-order valence-electron chi connectivity index (χ1n) is 3.40. The first-order chi connectivity index (χ1) is 5.13. The largest absolute Gasteiger partial charge is 0.294 e. The van der Waals surface area contributed by atoms with Gasteiger partial charge in [-0.2, -0.15) is 0 Å². The molecule has 0 aliphatic carbocycles. The first kappa shape index (κ1) is 8.94. The highest BCUT2D eigenvalue weighted by molar-refractivity contribution is 9.11. The van der Waals surface area contributed by atoms with Crippen LogP contribution in [0.3, 0.4) is 0 Å². The molecule has 11 heavy (non-hydrogen) atoms. The van der Waals surface area contributed by atoms with Gasteiger partial charge in [-0.1, -0.05) is 13.8 Å².